The van der Waals surface area contributed by atoms with E-state index in [9.17, 15) is 18.8 Å². The smallest absolute Gasteiger partial charge is 0.309 e. The standard InChI is InChI=1S/C17H21FN2O4/c1-17(2,16(23)24)7-8-19-15(22)11-9-14(21)20(10-11)13-6-4-3-5-12(13)18/h3-6,11H,7-10H2,1-2H3,(H,19,22)(H,23,24). The molecule has 1 atom stereocenters. The third-order valence-electron chi connectivity index (χ3n) is 4.27. The summed E-state index contributed by atoms with van der Waals surface area (Å²) in [6.07, 6.45) is 0.300. The summed E-state index contributed by atoms with van der Waals surface area (Å²) in [5, 5.41) is 11.7. The second-order valence-corrected chi connectivity index (χ2v) is 6.59. The molecule has 1 saturated heterocycles. The highest BCUT2D eigenvalue weighted by Gasteiger charge is 2.36. The maximum absolute atomic E-state index is 13.8. The van der Waals surface area contributed by atoms with Gasteiger partial charge < -0.3 is 15.3 Å². The largest absolute Gasteiger partial charge is 0.481 e. The number of benzene rings is 1. The Morgan fingerprint density at radius 3 is 2.67 bits per heavy atom. The number of carboxylic acids is 1. The molecule has 1 aliphatic rings. The number of halogens is 1. The van der Waals surface area contributed by atoms with Gasteiger partial charge in [-0.25, -0.2) is 4.39 Å². The molecule has 130 valence electrons. The summed E-state index contributed by atoms with van der Waals surface area (Å²) in [5.41, 5.74) is -0.761. The van der Waals surface area contributed by atoms with Gasteiger partial charge in [0, 0.05) is 19.5 Å². The number of para-hydroxylation sites is 1. The molecule has 2 N–H and O–H groups in total. The lowest BCUT2D eigenvalue weighted by Gasteiger charge is -2.20. The summed E-state index contributed by atoms with van der Waals surface area (Å²) in [4.78, 5) is 36.5. The first-order valence-corrected chi connectivity index (χ1v) is 7.78. The van der Waals surface area contributed by atoms with Crippen LogP contribution in [0.5, 0.6) is 0 Å². The Morgan fingerprint density at radius 1 is 1.38 bits per heavy atom. The van der Waals surface area contributed by atoms with Crippen molar-refractivity contribution in [1.29, 1.82) is 0 Å². The number of hydrogen-bond acceptors (Lipinski definition) is 3. The number of aliphatic carboxylic acids is 1. The van der Waals surface area contributed by atoms with Gasteiger partial charge in [0.2, 0.25) is 11.8 Å². The van der Waals surface area contributed by atoms with Crippen LogP contribution in [0.2, 0.25) is 0 Å². The van der Waals surface area contributed by atoms with E-state index in [2.05, 4.69) is 5.32 Å². The number of anilines is 1. The lowest BCUT2D eigenvalue weighted by atomic mass is 9.89. The van der Waals surface area contributed by atoms with Crippen LogP contribution in [-0.4, -0.2) is 36.0 Å². The maximum Gasteiger partial charge on any atom is 0.309 e. The van der Waals surface area contributed by atoms with Crippen molar-refractivity contribution in [3.63, 3.8) is 0 Å². The average molecular weight is 336 g/mol. The fraction of sp³-hybridized carbons (Fsp3) is 0.471. The predicted molar refractivity (Wildman–Crippen MR) is 85.9 cm³/mol. The number of nitrogens with zero attached hydrogens (tertiary/aromatic N) is 1. The summed E-state index contributed by atoms with van der Waals surface area (Å²) in [6, 6.07) is 5.94. The minimum absolute atomic E-state index is 0.0164. The number of nitrogens with one attached hydrogen (secondary N) is 1. The lowest BCUT2D eigenvalue weighted by molar-refractivity contribution is -0.147. The van der Waals surface area contributed by atoms with E-state index in [0.717, 1.165) is 0 Å². The molecular weight excluding hydrogens is 315 g/mol. The van der Waals surface area contributed by atoms with E-state index in [1.165, 1.54) is 23.1 Å². The minimum atomic E-state index is -0.933. The summed E-state index contributed by atoms with van der Waals surface area (Å²) in [6.45, 7) is 3.50. The molecule has 0 radical (unpaired) electrons. The van der Waals surface area contributed by atoms with Crippen molar-refractivity contribution >= 4 is 23.5 Å². The number of carbonyl (C=O) groups excluding carboxylic acids is 2. The third-order valence-corrected chi connectivity index (χ3v) is 4.27. The Kier molecular flexibility index (Phi) is 5.21. The van der Waals surface area contributed by atoms with Gasteiger partial charge in [-0.3, -0.25) is 14.4 Å². The zero-order valence-electron chi connectivity index (χ0n) is 13.7. The van der Waals surface area contributed by atoms with E-state index < -0.39 is 23.1 Å². The molecule has 1 aromatic carbocycles. The van der Waals surface area contributed by atoms with Crippen LogP contribution in [0.25, 0.3) is 0 Å². The molecule has 0 bridgehead atoms. The van der Waals surface area contributed by atoms with Crippen molar-refractivity contribution in [3.8, 4) is 0 Å². The average Bonchev–Trinajstić information content (AvgIpc) is 2.89. The number of carboxylic acid groups (broad SMARTS) is 1. The van der Waals surface area contributed by atoms with Crippen LogP contribution in [0.15, 0.2) is 24.3 Å². The van der Waals surface area contributed by atoms with Gasteiger partial charge in [-0.05, 0) is 32.4 Å². The number of carbonyl (C=O) groups is 3. The van der Waals surface area contributed by atoms with Crippen LogP contribution in [0.1, 0.15) is 26.7 Å². The van der Waals surface area contributed by atoms with E-state index >= 15 is 0 Å². The molecule has 1 aliphatic heterocycles. The molecule has 0 aliphatic carbocycles. The predicted octanol–water partition coefficient (Wildman–Crippen LogP) is 1.80. The zero-order valence-corrected chi connectivity index (χ0v) is 13.7. The van der Waals surface area contributed by atoms with Gasteiger partial charge in [0.05, 0.1) is 17.0 Å². The molecule has 1 fully saturated rings. The van der Waals surface area contributed by atoms with E-state index in [1.807, 2.05) is 0 Å². The van der Waals surface area contributed by atoms with Gasteiger partial charge in [0.15, 0.2) is 0 Å². The van der Waals surface area contributed by atoms with Crippen molar-refractivity contribution in [1.82, 2.24) is 5.32 Å². The highest BCUT2D eigenvalue weighted by atomic mass is 19.1. The topological polar surface area (TPSA) is 86.7 Å². The Labute approximate surface area is 139 Å². The van der Waals surface area contributed by atoms with Crippen LogP contribution < -0.4 is 10.2 Å². The summed E-state index contributed by atoms with van der Waals surface area (Å²) >= 11 is 0. The van der Waals surface area contributed by atoms with E-state index in [1.54, 1.807) is 19.9 Å². The second-order valence-electron chi connectivity index (χ2n) is 6.59. The molecule has 2 rings (SSSR count). The molecular formula is C17H21FN2O4. The normalized spacial score (nSPS) is 17.9. The van der Waals surface area contributed by atoms with Crippen LogP contribution >= 0.6 is 0 Å². The Hall–Kier alpha value is -2.44. The Balaban J connectivity index is 1.92. The molecule has 1 heterocycles. The van der Waals surface area contributed by atoms with Crippen molar-refractivity contribution in [2.24, 2.45) is 11.3 Å². The van der Waals surface area contributed by atoms with Crippen LogP contribution in [0.4, 0.5) is 10.1 Å². The SMILES string of the molecule is CC(C)(CCNC(=O)C1CC(=O)N(c2ccccc2F)C1)C(=O)O. The molecule has 6 nitrogen and oxygen atoms in total. The molecule has 0 saturated carbocycles. The van der Waals surface area contributed by atoms with Gasteiger partial charge in [0.1, 0.15) is 5.82 Å². The quantitative estimate of drug-likeness (QED) is 0.829. The first-order valence-electron chi connectivity index (χ1n) is 7.78. The lowest BCUT2D eigenvalue weighted by Crippen LogP contribution is -2.36. The van der Waals surface area contributed by atoms with Crippen LogP contribution in [-0.2, 0) is 14.4 Å². The molecule has 1 unspecified atom stereocenters. The molecule has 7 heteroatoms. The highest BCUT2D eigenvalue weighted by Crippen LogP contribution is 2.27. The van der Waals surface area contributed by atoms with Crippen molar-refractivity contribution in [2.75, 3.05) is 18.0 Å². The van der Waals surface area contributed by atoms with Crippen molar-refractivity contribution in [3.05, 3.63) is 30.1 Å². The monoisotopic (exact) mass is 336 g/mol. The first kappa shape index (κ1) is 17.9. The molecule has 0 spiro atoms. The molecule has 2 amide bonds. The van der Waals surface area contributed by atoms with Gasteiger partial charge in [-0.1, -0.05) is 12.1 Å². The second kappa shape index (κ2) is 6.98. The first-order chi connectivity index (χ1) is 11.2. The van der Waals surface area contributed by atoms with Gasteiger partial charge in [0.25, 0.3) is 0 Å². The van der Waals surface area contributed by atoms with Gasteiger partial charge in [-0.2, -0.15) is 0 Å². The van der Waals surface area contributed by atoms with E-state index in [4.69, 9.17) is 5.11 Å². The number of amides is 2. The summed E-state index contributed by atoms with van der Waals surface area (Å²) < 4.78 is 13.8. The fourth-order valence-corrected chi connectivity index (χ4v) is 2.54. The molecule has 24 heavy (non-hydrogen) atoms. The summed E-state index contributed by atoms with van der Waals surface area (Å²) in [7, 11) is 0. The summed E-state index contributed by atoms with van der Waals surface area (Å²) in [5.74, 6) is -2.62. The Morgan fingerprint density at radius 2 is 2.04 bits per heavy atom. The highest BCUT2D eigenvalue weighted by molar-refractivity contribution is 6.00. The molecule has 1 aromatic rings. The van der Waals surface area contributed by atoms with Crippen molar-refractivity contribution in [2.45, 2.75) is 26.7 Å². The molecule has 0 aromatic heterocycles. The fourth-order valence-electron chi connectivity index (χ4n) is 2.54. The van der Waals surface area contributed by atoms with E-state index in [-0.39, 0.29) is 43.4 Å². The van der Waals surface area contributed by atoms with Crippen molar-refractivity contribution < 1.29 is 23.9 Å². The van der Waals surface area contributed by atoms with Gasteiger partial charge >= 0.3 is 5.97 Å². The van der Waals surface area contributed by atoms with Gasteiger partial charge in [-0.15, -0.1) is 0 Å². The number of hydrogen-bond donors (Lipinski definition) is 2. The minimum Gasteiger partial charge on any atom is -0.481 e. The van der Waals surface area contributed by atoms with Crippen LogP contribution in [0, 0.1) is 17.2 Å². The zero-order chi connectivity index (χ0) is 17.9. The van der Waals surface area contributed by atoms with E-state index in [0.29, 0.717) is 0 Å². The van der Waals surface area contributed by atoms with Crippen LogP contribution in [0.3, 0.4) is 0 Å². The Bertz CT molecular complexity index is 660. The number of rotatable bonds is 6. The third kappa shape index (κ3) is 3.90. The maximum atomic E-state index is 13.8.